The second kappa shape index (κ2) is 67.6. The predicted octanol–water partition coefficient (Wildman–Crippen LogP) is 21.4. The summed E-state index contributed by atoms with van der Waals surface area (Å²) in [5.41, 5.74) is 0. The minimum absolute atomic E-state index is 0.108. The topological polar surface area (TPSA) is 237 Å². The summed E-state index contributed by atoms with van der Waals surface area (Å²) in [7, 11) is -9.90. The van der Waals surface area contributed by atoms with Crippen LogP contribution in [0.4, 0.5) is 0 Å². The van der Waals surface area contributed by atoms with Crippen molar-refractivity contribution in [2.45, 2.75) is 406 Å². The summed E-state index contributed by atoms with van der Waals surface area (Å²) in [6, 6.07) is 0. The number of hydrogen-bond donors (Lipinski definition) is 3. The van der Waals surface area contributed by atoms with Crippen molar-refractivity contribution in [3.63, 3.8) is 0 Å². The molecule has 92 heavy (non-hydrogen) atoms. The summed E-state index contributed by atoms with van der Waals surface area (Å²) in [5.74, 6) is -2.11. The van der Waals surface area contributed by atoms with E-state index >= 15 is 0 Å². The lowest BCUT2D eigenvalue weighted by Gasteiger charge is -2.21. The van der Waals surface area contributed by atoms with Crippen molar-refractivity contribution >= 4 is 39.5 Å². The molecule has 0 rings (SSSR count). The minimum Gasteiger partial charge on any atom is -0.462 e. The van der Waals surface area contributed by atoms with Crippen molar-refractivity contribution < 1.29 is 80.2 Å². The van der Waals surface area contributed by atoms with E-state index in [1.807, 2.05) is 0 Å². The molecule has 0 aliphatic carbocycles. The fourth-order valence-corrected chi connectivity index (χ4v) is 12.8. The SMILES string of the molecule is CCCCCCCCCCCCCCCCCCCC(=O)O[C@H](COC(=O)CCCCCCCCCCCCCC)COP(=O)(O)OC[C@@H](O)COP(=O)(O)OC[C@@H](COC(=O)CCCCCCCCCCCCC)OC(=O)CCCCCCCCCCCCCC. The van der Waals surface area contributed by atoms with Crippen molar-refractivity contribution in [3.8, 4) is 0 Å². The van der Waals surface area contributed by atoms with Crippen LogP contribution in [0.3, 0.4) is 0 Å². The number of esters is 4. The van der Waals surface area contributed by atoms with Gasteiger partial charge in [0.25, 0.3) is 0 Å². The average molecular weight is 1350 g/mol. The first-order valence-corrected chi connectivity index (χ1v) is 41.3. The number of rotatable bonds is 74. The molecular weight excluding hydrogens is 1210 g/mol. The smallest absolute Gasteiger partial charge is 0.462 e. The molecule has 0 aliphatic heterocycles. The van der Waals surface area contributed by atoms with Gasteiger partial charge in [-0.2, -0.15) is 0 Å². The van der Waals surface area contributed by atoms with Gasteiger partial charge in [-0.3, -0.25) is 37.3 Å². The molecule has 0 radical (unpaired) electrons. The Kier molecular flexibility index (Phi) is 66.2. The van der Waals surface area contributed by atoms with Crippen LogP contribution >= 0.6 is 15.6 Å². The van der Waals surface area contributed by atoms with Gasteiger partial charge in [0.05, 0.1) is 26.4 Å². The Hall–Kier alpha value is -1.94. The quantitative estimate of drug-likeness (QED) is 0.0222. The number of aliphatic hydroxyl groups is 1. The molecule has 0 aliphatic rings. The summed E-state index contributed by atoms with van der Waals surface area (Å²) in [6.45, 7) is 4.97. The van der Waals surface area contributed by atoms with Gasteiger partial charge >= 0.3 is 39.5 Å². The highest BCUT2D eigenvalue weighted by atomic mass is 31.2. The van der Waals surface area contributed by atoms with Crippen LogP contribution in [0, 0.1) is 0 Å². The van der Waals surface area contributed by atoms with E-state index in [9.17, 15) is 43.2 Å². The molecule has 0 aromatic heterocycles. The molecule has 0 bridgehead atoms. The maximum absolute atomic E-state index is 13.1. The lowest BCUT2D eigenvalue weighted by atomic mass is 10.0. The zero-order valence-electron chi connectivity index (χ0n) is 59.5. The normalized spacial score (nSPS) is 13.9. The van der Waals surface area contributed by atoms with Crippen molar-refractivity contribution in [2.75, 3.05) is 39.6 Å². The monoisotopic (exact) mass is 1350 g/mol. The molecule has 0 aromatic carbocycles. The molecule has 0 aromatic rings. The van der Waals surface area contributed by atoms with Crippen LogP contribution < -0.4 is 0 Å². The fraction of sp³-hybridized carbons (Fsp3) is 0.945. The molecule has 3 N–H and O–H groups in total. The van der Waals surface area contributed by atoms with Crippen molar-refractivity contribution in [1.82, 2.24) is 0 Å². The van der Waals surface area contributed by atoms with E-state index in [1.54, 1.807) is 0 Å². The van der Waals surface area contributed by atoms with E-state index in [0.717, 1.165) is 89.9 Å². The number of phosphoric acid groups is 2. The van der Waals surface area contributed by atoms with E-state index < -0.39 is 97.5 Å². The second-order valence-corrected chi connectivity index (χ2v) is 29.2. The molecule has 17 nitrogen and oxygen atoms in total. The van der Waals surface area contributed by atoms with E-state index in [1.165, 1.54) is 218 Å². The molecule has 0 fully saturated rings. The van der Waals surface area contributed by atoms with Gasteiger partial charge in [0.15, 0.2) is 12.2 Å². The van der Waals surface area contributed by atoms with Gasteiger partial charge in [-0.25, -0.2) is 9.13 Å². The van der Waals surface area contributed by atoms with E-state index in [4.69, 9.17) is 37.0 Å². The van der Waals surface area contributed by atoms with Crippen LogP contribution in [0.2, 0.25) is 0 Å². The second-order valence-electron chi connectivity index (χ2n) is 26.3. The van der Waals surface area contributed by atoms with Gasteiger partial charge in [0.1, 0.15) is 19.3 Å². The first-order valence-electron chi connectivity index (χ1n) is 38.3. The first-order chi connectivity index (χ1) is 44.7. The third-order valence-electron chi connectivity index (χ3n) is 17.1. The molecule has 2 unspecified atom stereocenters. The zero-order valence-corrected chi connectivity index (χ0v) is 61.3. The third-order valence-corrected chi connectivity index (χ3v) is 19.0. The Labute approximate surface area is 562 Å². The maximum Gasteiger partial charge on any atom is 0.472 e. The van der Waals surface area contributed by atoms with Crippen LogP contribution in [0.1, 0.15) is 387 Å². The standard InChI is InChI=1S/C73H142O17P2/c1-5-9-13-17-21-25-29-32-33-34-35-36-40-44-48-52-56-60-73(78)90-69(64-84-71(76)58-54-50-46-42-38-30-26-22-18-14-10-6-2)66-88-92(81,82)86-62-67(74)61-85-91(79,80)87-65-68(63-83-70(75)57-53-49-45-41-37-28-24-20-16-12-8-4)89-72(77)59-55-51-47-43-39-31-27-23-19-15-11-7-3/h67-69,74H,5-66H2,1-4H3,(H,79,80)(H,81,82)/t67-,68+,69+/m0/s1. The number of ether oxygens (including phenoxy) is 4. The Morgan fingerprint density at radius 1 is 0.261 bits per heavy atom. The van der Waals surface area contributed by atoms with Gasteiger partial charge in [-0.05, 0) is 25.7 Å². The van der Waals surface area contributed by atoms with Gasteiger partial charge < -0.3 is 33.8 Å². The minimum atomic E-state index is -4.95. The Bertz CT molecular complexity index is 1760. The number of hydrogen-bond acceptors (Lipinski definition) is 15. The summed E-state index contributed by atoms with van der Waals surface area (Å²) >= 11 is 0. The van der Waals surface area contributed by atoms with Crippen molar-refractivity contribution in [1.29, 1.82) is 0 Å². The number of carbonyl (C=O) groups excluding carboxylic acids is 4. The molecule has 0 saturated heterocycles. The number of unbranched alkanes of at least 4 members (excludes halogenated alkanes) is 48. The van der Waals surface area contributed by atoms with Crippen LogP contribution in [0.25, 0.3) is 0 Å². The maximum atomic E-state index is 13.1. The summed E-state index contributed by atoms with van der Waals surface area (Å²) in [4.78, 5) is 72.7. The molecule has 5 atom stereocenters. The summed E-state index contributed by atoms with van der Waals surface area (Å²) in [5, 5.41) is 10.6. The third kappa shape index (κ3) is 66.7. The Balaban J connectivity index is 5.23. The summed E-state index contributed by atoms with van der Waals surface area (Å²) < 4.78 is 68.4. The van der Waals surface area contributed by atoms with E-state index in [-0.39, 0.29) is 25.7 Å². The predicted molar refractivity (Wildman–Crippen MR) is 372 cm³/mol. The van der Waals surface area contributed by atoms with Crippen molar-refractivity contribution in [2.24, 2.45) is 0 Å². The van der Waals surface area contributed by atoms with Crippen LogP contribution in [0.5, 0.6) is 0 Å². The van der Waals surface area contributed by atoms with E-state index in [2.05, 4.69) is 27.7 Å². The molecule has 0 amide bonds. The number of carbonyl (C=O) groups is 4. The molecule has 0 saturated carbocycles. The van der Waals surface area contributed by atoms with Crippen LogP contribution in [-0.2, 0) is 65.4 Å². The summed E-state index contributed by atoms with van der Waals surface area (Å²) in [6.07, 6.45) is 56.6. The Morgan fingerprint density at radius 2 is 0.435 bits per heavy atom. The van der Waals surface area contributed by atoms with Gasteiger partial charge in [-0.1, -0.05) is 336 Å². The van der Waals surface area contributed by atoms with Gasteiger partial charge in [-0.15, -0.1) is 0 Å². The van der Waals surface area contributed by atoms with E-state index in [0.29, 0.717) is 25.7 Å². The highest BCUT2D eigenvalue weighted by Gasteiger charge is 2.30. The molecule has 0 heterocycles. The van der Waals surface area contributed by atoms with Gasteiger partial charge in [0.2, 0.25) is 0 Å². The lowest BCUT2D eigenvalue weighted by Crippen LogP contribution is -2.30. The van der Waals surface area contributed by atoms with Crippen molar-refractivity contribution in [3.05, 3.63) is 0 Å². The zero-order chi connectivity index (χ0) is 67.5. The largest absolute Gasteiger partial charge is 0.472 e. The molecule has 19 heteroatoms. The first kappa shape index (κ1) is 90.1. The highest BCUT2D eigenvalue weighted by Crippen LogP contribution is 2.45. The molecule has 0 spiro atoms. The number of phosphoric ester groups is 2. The van der Waals surface area contributed by atoms with Crippen LogP contribution in [-0.4, -0.2) is 96.7 Å². The molecular formula is C73H142O17P2. The lowest BCUT2D eigenvalue weighted by molar-refractivity contribution is -0.161. The van der Waals surface area contributed by atoms with Crippen LogP contribution in [0.15, 0.2) is 0 Å². The Morgan fingerprint density at radius 3 is 0.641 bits per heavy atom. The average Bonchev–Trinajstić information content (AvgIpc) is 3.68. The van der Waals surface area contributed by atoms with Gasteiger partial charge in [0, 0.05) is 25.7 Å². The molecule has 546 valence electrons. The fourth-order valence-electron chi connectivity index (χ4n) is 11.2. The highest BCUT2D eigenvalue weighted by molar-refractivity contribution is 7.47. The number of aliphatic hydroxyl groups excluding tert-OH is 1.